The van der Waals surface area contributed by atoms with Crippen LogP contribution in [0.3, 0.4) is 0 Å². The number of halogens is 1. The van der Waals surface area contributed by atoms with E-state index in [1.54, 1.807) is 18.3 Å². The van der Waals surface area contributed by atoms with Crippen molar-refractivity contribution in [2.24, 2.45) is 5.73 Å². The normalized spacial score (nSPS) is 10.6. The van der Waals surface area contributed by atoms with E-state index in [-0.39, 0.29) is 12.2 Å². The fourth-order valence-corrected chi connectivity index (χ4v) is 1.87. The Kier molecular flexibility index (Phi) is 3.68. The summed E-state index contributed by atoms with van der Waals surface area (Å²) in [5, 5.41) is 18.6. The van der Waals surface area contributed by atoms with Gasteiger partial charge in [0.1, 0.15) is 0 Å². The Morgan fingerprint density at radius 3 is 2.89 bits per heavy atom. The average molecular weight is 312 g/mol. The standard InChI is InChI=1S/C10H10BrN5O2/c11-8-2-1-7(10(3-8)16(17)18)5-15-6-9(4-12)13-14-15/h1-3,6H,4-5,12H2. The minimum atomic E-state index is -0.416. The molecule has 0 saturated heterocycles. The second-order valence-electron chi connectivity index (χ2n) is 3.64. The van der Waals surface area contributed by atoms with Crippen molar-refractivity contribution in [2.75, 3.05) is 0 Å². The van der Waals surface area contributed by atoms with Gasteiger partial charge < -0.3 is 5.73 Å². The van der Waals surface area contributed by atoms with Crippen molar-refractivity contribution in [1.29, 1.82) is 0 Å². The topological polar surface area (TPSA) is 99.9 Å². The Morgan fingerprint density at radius 2 is 2.28 bits per heavy atom. The highest BCUT2D eigenvalue weighted by molar-refractivity contribution is 9.10. The molecule has 1 aromatic heterocycles. The number of hydrogen-bond acceptors (Lipinski definition) is 5. The Hall–Kier alpha value is -1.80. The molecule has 0 aliphatic rings. The van der Waals surface area contributed by atoms with E-state index in [1.807, 2.05) is 0 Å². The molecule has 18 heavy (non-hydrogen) atoms. The second kappa shape index (κ2) is 5.23. The number of nitro groups is 1. The maximum absolute atomic E-state index is 10.9. The average Bonchev–Trinajstić information content (AvgIpc) is 2.79. The van der Waals surface area contributed by atoms with Gasteiger partial charge in [-0.2, -0.15) is 0 Å². The van der Waals surface area contributed by atoms with E-state index in [2.05, 4.69) is 26.2 Å². The van der Waals surface area contributed by atoms with E-state index in [0.717, 1.165) is 0 Å². The van der Waals surface area contributed by atoms with Gasteiger partial charge in [0.05, 0.1) is 28.9 Å². The fourth-order valence-electron chi connectivity index (χ4n) is 1.52. The lowest BCUT2D eigenvalue weighted by Gasteiger charge is -2.03. The molecule has 0 spiro atoms. The lowest BCUT2D eigenvalue weighted by Crippen LogP contribution is -2.04. The van der Waals surface area contributed by atoms with Crippen molar-refractivity contribution < 1.29 is 4.92 Å². The SMILES string of the molecule is NCc1cn(Cc2ccc(Br)cc2[N+](=O)[O-])nn1. The van der Waals surface area contributed by atoms with Crippen LogP contribution >= 0.6 is 15.9 Å². The summed E-state index contributed by atoms with van der Waals surface area (Å²) in [5.41, 5.74) is 6.69. The first-order chi connectivity index (χ1) is 8.60. The van der Waals surface area contributed by atoms with Crippen LogP contribution in [0, 0.1) is 10.1 Å². The summed E-state index contributed by atoms with van der Waals surface area (Å²) in [6.45, 7) is 0.582. The van der Waals surface area contributed by atoms with E-state index in [1.165, 1.54) is 10.7 Å². The summed E-state index contributed by atoms with van der Waals surface area (Å²) in [5.74, 6) is 0. The molecule has 2 rings (SSSR count). The number of nitrogens with two attached hydrogens (primary N) is 1. The molecular weight excluding hydrogens is 302 g/mol. The van der Waals surface area contributed by atoms with Crippen LogP contribution in [0.4, 0.5) is 5.69 Å². The molecule has 0 bridgehead atoms. The molecule has 0 unspecified atom stereocenters. The van der Waals surface area contributed by atoms with E-state index < -0.39 is 4.92 Å². The molecule has 7 nitrogen and oxygen atoms in total. The molecule has 0 saturated carbocycles. The molecule has 1 heterocycles. The van der Waals surface area contributed by atoms with Crippen LogP contribution in [0.2, 0.25) is 0 Å². The van der Waals surface area contributed by atoms with Crippen molar-refractivity contribution in [3.8, 4) is 0 Å². The smallest absolute Gasteiger partial charge is 0.275 e. The predicted molar refractivity (Wildman–Crippen MR) is 67.8 cm³/mol. The number of aromatic nitrogens is 3. The van der Waals surface area contributed by atoms with Gasteiger partial charge in [0.2, 0.25) is 0 Å². The molecule has 2 N–H and O–H groups in total. The van der Waals surface area contributed by atoms with E-state index in [9.17, 15) is 10.1 Å². The van der Waals surface area contributed by atoms with Gasteiger partial charge >= 0.3 is 0 Å². The second-order valence-corrected chi connectivity index (χ2v) is 4.56. The van der Waals surface area contributed by atoms with Gasteiger partial charge in [-0.3, -0.25) is 10.1 Å². The van der Waals surface area contributed by atoms with Crippen LogP contribution in [-0.4, -0.2) is 19.9 Å². The highest BCUT2D eigenvalue weighted by atomic mass is 79.9. The minimum Gasteiger partial charge on any atom is -0.325 e. The Morgan fingerprint density at radius 1 is 1.50 bits per heavy atom. The van der Waals surface area contributed by atoms with Gasteiger partial charge in [-0.05, 0) is 12.1 Å². The number of benzene rings is 1. The van der Waals surface area contributed by atoms with Crippen molar-refractivity contribution in [3.05, 3.63) is 50.2 Å². The van der Waals surface area contributed by atoms with Crippen LogP contribution in [0.1, 0.15) is 11.3 Å². The van der Waals surface area contributed by atoms with Crippen molar-refractivity contribution in [3.63, 3.8) is 0 Å². The molecular formula is C10H10BrN5O2. The number of nitrogens with zero attached hydrogens (tertiary/aromatic N) is 4. The number of nitro benzene ring substituents is 1. The summed E-state index contributed by atoms with van der Waals surface area (Å²) >= 11 is 3.21. The third-order valence-corrected chi connectivity index (χ3v) is 2.86. The molecule has 0 aliphatic carbocycles. The van der Waals surface area contributed by atoms with Crippen LogP contribution in [0.25, 0.3) is 0 Å². The molecule has 0 atom stereocenters. The lowest BCUT2D eigenvalue weighted by atomic mass is 10.2. The molecule has 0 radical (unpaired) electrons. The monoisotopic (exact) mass is 311 g/mol. The van der Waals surface area contributed by atoms with Crippen molar-refractivity contribution in [2.45, 2.75) is 13.1 Å². The van der Waals surface area contributed by atoms with Crippen LogP contribution < -0.4 is 5.73 Å². The fraction of sp³-hybridized carbons (Fsp3) is 0.200. The first kappa shape index (κ1) is 12.7. The first-order valence-electron chi connectivity index (χ1n) is 5.12. The van der Waals surface area contributed by atoms with Gasteiger partial charge in [0.15, 0.2) is 0 Å². The highest BCUT2D eigenvalue weighted by Gasteiger charge is 2.14. The zero-order valence-electron chi connectivity index (χ0n) is 9.28. The van der Waals surface area contributed by atoms with Crippen LogP contribution in [0.5, 0.6) is 0 Å². The molecule has 0 fully saturated rings. The van der Waals surface area contributed by atoms with Gasteiger partial charge in [-0.1, -0.05) is 21.1 Å². The summed E-state index contributed by atoms with van der Waals surface area (Å²) < 4.78 is 2.19. The number of hydrogen-bond donors (Lipinski definition) is 1. The van der Waals surface area contributed by atoms with Gasteiger partial charge in [0, 0.05) is 17.1 Å². The quantitative estimate of drug-likeness (QED) is 0.680. The molecule has 2 aromatic rings. The maximum Gasteiger partial charge on any atom is 0.275 e. The maximum atomic E-state index is 10.9. The predicted octanol–water partition coefficient (Wildman–Crippen LogP) is 1.46. The molecule has 0 aliphatic heterocycles. The minimum absolute atomic E-state index is 0.0502. The van der Waals surface area contributed by atoms with Gasteiger partial charge in [-0.15, -0.1) is 5.10 Å². The highest BCUT2D eigenvalue weighted by Crippen LogP contribution is 2.24. The van der Waals surface area contributed by atoms with Crippen LogP contribution in [-0.2, 0) is 13.1 Å². The summed E-state index contributed by atoms with van der Waals surface area (Å²) in [7, 11) is 0. The zero-order valence-corrected chi connectivity index (χ0v) is 10.9. The number of rotatable bonds is 4. The van der Waals surface area contributed by atoms with Crippen LogP contribution in [0.15, 0.2) is 28.9 Å². The first-order valence-corrected chi connectivity index (χ1v) is 5.91. The van der Waals surface area contributed by atoms with Crippen molar-refractivity contribution in [1.82, 2.24) is 15.0 Å². The lowest BCUT2D eigenvalue weighted by molar-refractivity contribution is -0.385. The molecule has 8 heteroatoms. The summed E-state index contributed by atoms with van der Waals surface area (Å²) in [4.78, 5) is 10.5. The molecule has 94 valence electrons. The van der Waals surface area contributed by atoms with E-state index in [0.29, 0.717) is 22.3 Å². The Labute approximate surface area is 111 Å². The molecule has 1 aromatic carbocycles. The van der Waals surface area contributed by atoms with E-state index in [4.69, 9.17) is 5.73 Å². The Balaban J connectivity index is 2.30. The van der Waals surface area contributed by atoms with E-state index >= 15 is 0 Å². The molecule has 0 amide bonds. The third-order valence-electron chi connectivity index (χ3n) is 2.37. The zero-order chi connectivity index (χ0) is 13.1. The van der Waals surface area contributed by atoms with Crippen molar-refractivity contribution >= 4 is 21.6 Å². The summed E-state index contributed by atoms with van der Waals surface area (Å²) in [6.07, 6.45) is 1.67. The largest absolute Gasteiger partial charge is 0.325 e. The van der Waals surface area contributed by atoms with Gasteiger partial charge in [0.25, 0.3) is 5.69 Å². The van der Waals surface area contributed by atoms with Gasteiger partial charge in [-0.25, -0.2) is 4.68 Å². The summed E-state index contributed by atoms with van der Waals surface area (Å²) in [6, 6.07) is 4.91. The third kappa shape index (κ3) is 2.71. The Bertz CT molecular complexity index is 583.